The van der Waals surface area contributed by atoms with Gasteiger partial charge < -0.3 is 29.5 Å². The molecule has 0 spiro atoms. The third-order valence-electron chi connectivity index (χ3n) is 1.90. The highest BCUT2D eigenvalue weighted by Crippen LogP contribution is 2.57. The second kappa shape index (κ2) is 4.86. The molecule has 1 aromatic rings. The van der Waals surface area contributed by atoms with E-state index in [0.717, 1.165) is 0 Å². The molecule has 0 radical (unpaired) electrons. The van der Waals surface area contributed by atoms with Gasteiger partial charge in [-0.3, -0.25) is 4.57 Å². The van der Waals surface area contributed by atoms with E-state index in [2.05, 4.69) is 5.32 Å². The van der Waals surface area contributed by atoms with Crippen molar-refractivity contribution in [2.45, 2.75) is 5.52 Å². The number of hydrogen-bond acceptors (Lipinski definition) is 4. The van der Waals surface area contributed by atoms with Crippen LogP contribution in [-0.2, 0) is 16.2 Å². The van der Waals surface area contributed by atoms with Gasteiger partial charge in [0.05, 0.1) is 0 Å². The van der Waals surface area contributed by atoms with Gasteiger partial charge in [-0.25, -0.2) is 4.57 Å². The SMILES string of the molecule is C[n+]1ccc(NC(P(=O)([O-])O)P(=O)(O)O)cc1. The van der Waals surface area contributed by atoms with E-state index in [1.165, 1.54) is 12.1 Å². The number of anilines is 1. The van der Waals surface area contributed by atoms with Gasteiger partial charge in [0.2, 0.25) is 0 Å². The monoisotopic (exact) mass is 282 g/mol. The highest BCUT2D eigenvalue weighted by atomic mass is 31.2. The quantitative estimate of drug-likeness (QED) is 0.408. The lowest BCUT2D eigenvalue weighted by Gasteiger charge is -2.28. The summed E-state index contributed by atoms with van der Waals surface area (Å²) in [5, 5.41) is 2.08. The van der Waals surface area contributed by atoms with E-state index in [1.54, 1.807) is 24.0 Å². The van der Waals surface area contributed by atoms with Crippen molar-refractivity contribution in [3.05, 3.63) is 24.5 Å². The van der Waals surface area contributed by atoms with E-state index in [9.17, 15) is 14.0 Å². The topological polar surface area (TPSA) is 134 Å². The summed E-state index contributed by atoms with van der Waals surface area (Å²) < 4.78 is 23.5. The lowest BCUT2D eigenvalue weighted by atomic mass is 10.4. The molecule has 2 atom stereocenters. The van der Waals surface area contributed by atoms with Crippen LogP contribution in [0.2, 0.25) is 0 Å². The van der Waals surface area contributed by atoms with Gasteiger partial charge in [-0.1, -0.05) is 0 Å². The standard InChI is InChI=1S/C7H12N2O6P2/c1-9-4-2-6(3-5-9)8-7(16(10,11)12)17(13,14)15/h2-5,7H,1H3,(H4,10,11,12,13,14,15). The lowest BCUT2D eigenvalue weighted by Crippen LogP contribution is -2.28. The number of hydrogen-bond donors (Lipinski definition) is 4. The van der Waals surface area contributed by atoms with Crippen molar-refractivity contribution < 1.29 is 33.3 Å². The Hall–Kier alpha value is -0.750. The molecule has 0 fully saturated rings. The molecule has 2 unspecified atom stereocenters. The summed E-state index contributed by atoms with van der Waals surface area (Å²) in [6.45, 7) is 0. The van der Waals surface area contributed by atoms with Crippen LogP contribution in [0.4, 0.5) is 5.69 Å². The molecule has 0 saturated carbocycles. The fourth-order valence-corrected chi connectivity index (χ4v) is 3.25. The maximum Gasteiger partial charge on any atom is 0.356 e. The van der Waals surface area contributed by atoms with E-state index in [4.69, 9.17) is 14.7 Å². The molecule has 4 N–H and O–H groups in total. The molecule has 0 aliphatic carbocycles. The van der Waals surface area contributed by atoms with Crippen LogP contribution in [0.5, 0.6) is 0 Å². The average molecular weight is 282 g/mol. The van der Waals surface area contributed by atoms with Gasteiger partial charge in [-0.15, -0.1) is 0 Å². The number of aryl methyl sites for hydroxylation is 1. The summed E-state index contributed by atoms with van der Waals surface area (Å²) in [6.07, 6.45) is 3.10. The van der Waals surface area contributed by atoms with Crippen LogP contribution >= 0.6 is 15.2 Å². The normalized spacial score (nSPS) is 17.2. The van der Waals surface area contributed by atoms with E-state index in [0.29, 0.717) is 0 Å². The zero-order valence-corrected chi connectivity index (χ0v) is 10.6. The van der Waals surface area contributed by atoms with Gasteiger partial charge in [0.15, 0.2) is 25.5 Å². The molecule has 96 valence electrons. The molecule has 17 heavy (non-hydrogen) atoms. The summed E-state index contributed by atoms with van der Waals surface area (Å²) in [7, 11) is -8.51. The van der Waals surface area contributed by atoms with Crippen LogP contribution in [0.3, 0.4) is 0 Å². The summed E-state index contributed by atoms with van der Waals surface area (Å²) in [4.78, 5) is 37.3. The van der Waals surface area contributed by atoms with Crippen LogP contribution in [0.1, 0.15) is 0 Å². The molecular formula is C7H12N2O6P2. The third-order valence-corrected chi connectivity index (χ3v) is 5.19. The first-order valence-corrected chi connectivity index (χ1v) is 7.74. The minimum absolute atomic E-state index is 0.168. The number of pyridine rings is 1. The predicted octanol–water partition coefficient (Wildman–Crippen LogP) is -1.07. The molecule has 1 aromatic heterocycles. The number of rotatable bonds is 4. The predicted molar refractivity (Wildman–Crippen MR) is 56.9 cm³/mol. The molecule has 8 nitrogen and oxygen atoms in total. The van der Waals surface area contributed by atoms with Gasteiger partial charge in [0, 0.05) is 17.8 Å². The molecule has 0 amide bonds. The molecule has 10 heteroatoms. The average Bonchev–Trinajstić information content (AvgIpc) is 2.13. The maximum absolute atomic E-state index is 10.9. The second-order valence-corrected chi connectivity index (χ2v) is 7.17. The Balaban J connectivity index is 3.00. The van der Waals surface area contributed by atoms with Gasteiger partial charge in [0.25, 0.3) is 0 Å². The van der Waals surface area contributed by atoms with E-state index in [1.807, 2.05) is 0 Å². The molecule has 1 rings (SSSR count). The van der Waals surface area contributed by atoms with Crippen molar-refractivity contribution >= 4 is 20.9 Å². The number of nitrogens with one attached hydrogen (secondary N) is 1. The first kappa shape index (κ1) is 14.3. The fourth-order valence-electron chi connectivity index (χ4n) is 1.10. The van der Waals surface area contributed by atoms with E-state index >= 15 is 0 Å². The Kier molecular flexibility index (Phi) is 4.09. The van der Waals surface area contributed by atoms with Crippen LogP contribution in [0.25, 0.3) is 0 Å². The summed E-state index contributed by atoms with van der Waals surface area (Å²) in [5.74, 6) is 0. The van der Waals surface area contributed by atoms with Crippen molar-refractivity contribution in [2.75, 3.05) is 5.32 Å². The summed E-state index contributed by atoms with van der Waals surface area (Å²) in [5.41, 5.74) is -2.18. The zero-order chi connectivity index (χ0) is 13.3. The first-order valence-electron chi connectivity index (χ1n) is 4.41. The smallest absolute Gasteiger partial charge is 0.356 e. The van der Waals surface area contributed by atoms with Gasteiger partial charge >= 0.3 is 7.60 Å². The Morgan fingerprint density at radius 2 is 1.76 bits per heavy atom. The largest absolute Gasteiger partial charge is 0.777 e. The van der Waals surface area contributed by atoms with Crippen LogP contribution in [0, 0.1) is 0 Å². The summed E-state index contributed by atoms with van der Waals surface area (Å²) in [6, 6.07) is 2.83. The Labute approximate surface area is 97.2 Å². The molecule has 0 aliphatic heterocycles. The van der Waals surface area contributed by atoms with Crippen molar-refractivity contribution in [1.29, 1.82) is 0 Å². The lowest BCUT2D eigenvalue weighted by molar-refractivity contribution is -0.671. The van der Waals surface area contributed by atoms with Crippen molar-refractivity contribution in [3.8, 4) is 0 Å². The van der Waals surface area contributed by atoms with E-state index < -0.39 is 20.7 Å². The van der Waals surface area contributed by atoms with Crippen molar-refractivity contribution in [2.24, 2.45) is 7.05 Å². The molecular weight excluding hydrogens is 270 g/mol. The van der Waals surface area contributed by atoms with Gasteiger partial charge in [0.1, 0.15) is 7.05 Å². The summed E-state index contributed by atoms with van der Waals surface area (Å²) >= 11 is 0. The number of aromatic nitrogens is 1. The Bertz CT molecular complexity index is 456. The minimum Gasteiger partial charge on any atom is -0.777 e. The van der Waals surface area contributed by atoms with Crippen LogP contribution in [-0.4, -0.2) is 20.2 Å². The molecule has 0 saturated heterocycles. The Morgan fingerprint density at radius 1 is 1.29 bits per heavy atom. The maximum atomic E-state index is 10.9. The van der Waals surface area contributed by atoms with Crippen molar-refractivity contribution in [3.63, 3.8) is 0 Å². The molecule has 0 bridgehead atoms. The molecule has 0 aliphatic rings. The van der Waals surface area contributed by atoms with E-state index in [-0.39, 0.29) is 5.69 Å². The third kappa shape index (κ3) is 4.20. The highest BCUT2D eigenvalue weighted by Gasteiger charge is 2.37. The minimum atomic E-state index is -5.21. The van der Waals surface area contributed by atoms with Crippen LogP contribution < -0.4 is 14.8 Å². The number of nitrogens with zero attached hydrogens (tertiary/aromatic N) is 1. The van der Waals surface area contributed by atoms with Crippen LogP contribution in [0.15, 0.2) is 24.5 Å². The zero-order valence-electron chi connectivity index (χ0n) is 8.79. The van der Waals surface area contributed by atoms with Gasteiger partial charge in [-0.05, 0) is 0 Å². The highest BCUT2D eigenvalue weighted by molar-refractivity contribution is 7.70. The molecule has 1 heterocycles. The fraction of sp³-hybridized carbons (Fsp3) is 0.286. The Morgan fingerprint density at radius 3 is 2.12 bits per heavy atom. The van der Waals surface area contributed by atoms with Gasteiger partial charge in [-0.2, -0.15) is 0 Å². The second-order valence-electron chi connectivity index (χ2n) is 3.42. The first-order chi connectivity index (χ1) is 7.60. The van der Waals surface area contributed by atoms with Crippen molar-refractivity contribution in [1.82, 2.24) is 0 Å². The molecule has 0 aromatic carbocycles.